The minimum atomic E-state index is 0.621. The van der Waals surface area contributed by atoms with Crippen LogP contribution in [0.1, 0.15) is 43.6 Å². The lowest BCUT2D eigenvalue weighted by Crippen LogP contribution is -2.06. The van der Waals surface area contributed by atoms with Gasteiger partial charge in [0, 0.05) is 58.6 Å². The summed E-state index contributed by atoms with van der Waals surface area (Å²) in [5.74, 6) is 0.621. The molecule has 0 unspecified atom stereocenters. The Morgan fingerprint density at radius 3 is 2.11 bits per heavy atom. The van der Waals surface area contributed by atoms with Crippen molar-refractivity contribution in [3.63, 3.8) is 0 Å². The molecular weight excluding hydrogens is 436 g/mol. The number of aryl methyl sites for hydroxylation is 2. The molecule has 0 radical (unpaired) electrons. The minimum absolute atomic E-state index is 0.621. The third-order valence-electron chi connectivity index (χ3n) is 8.50. The molecule has 2 heterocycles. The average molecular weight is 469 g/mol. The number of fused-ring (bicyclic) bond motifs is 4. The first-order valence-corrected chi connectivity index (χ1v) is 13.4. The van der Waals surface area contributed by atoms with Crippen molar-refractivity contribution in [2.75, 3.05) is 0 Å². The van der Waals surface area contributed by atoms with Crippen LogP contribution in [0.3, 0.4) is 0 Å². The van der Waals surface area contributed by atoms with Crippen molar-refractivity contribution in [3.8, 4) is 22.3 Å². The summed E-state index contributed by atoms with van der Waals surface area (Å²) in [6, 6.07) is 31.4. The van der Waals surface area contributed by atoms with Crippen LogP contribution in [-0.2, 0) is 14.1 Å². The molecular formula is C34H32N2. The van der Waals surface area contributed by atoms with Crippen LogP contribution in [0, 0.1) is 0 Å². The van der Waals surface area contributed by atoms with Gasteiger partial charge in [0.15, 0.2) is 0 Å². The second kappa shape index (κ2) is 8.41. The SMILES string of the molecule is Cn1cc(-c2c(-c3ccccc3)cc(C3CCCCC3)c3c4ccccc4n(C)c23)c2ccccc21. The zero-order chi connectivity index (χ0) is 24.2. The molecule has 0 atom stereocenters. The van der Waals surface area contributed by atoms with Crippen LogP contribution < -0.4 is 0 Å². The number of rotatable bonds is 3. The van der Waals surface area contributed by atoms with Crippen molar-refractivity contribution in [3.05, 3.63) is 96.7 Å². The van der Waals surface area contributed by atoms with Gasteiger partial charge in [-0.05, 0) is 53.6 Å². The molecule has 0 saturated heterocycles. The quantitative estimate of drug-likeness (QED) is 0.245. The van der Waals surface area contributed by atoms with E-state index >= 15 is 0 Å². The summed E-state index contributed by atoms with van der Waals surface area (Å²) in [5.41, 5.74) is 10.8. The van der Waals surface area contributed by atoms with Gasteiger partial charge in [0.05, 0.1) is 5.52 Å². The molecule has 36 heavy (non-hydrogen) atoms. The van der Waals surface area contributed by atoms with Gasteiger partial charge in [-0.15, -0.1) is 0 Å². The summed E-state index contributed by atoms with van der Waals surface area (Å²) in [7, 11) is 4.43. The van der Waals surface area contributed by atoms with Crippen molar-refractivity contribution in [2.45, 2.75) is 38.0 Å². The maximum atomic E-state index is 2.57. The fourth-order valence-electron chi connectivity index (χ4n) is 6.80. The van der Waals surface area contributed by atoms with Crippen LogP contribution in [-0.4, -0.2) is 9.13 Å². The minimum Gasteiger partial charge on any atom is -0.350 e. The van der Waals surface area contributed by atoms with Crippen molar-refractivity contribution < 1.29 is 0 Å². The zero-order valence-corrected chi connectivity index (χ0v) is 21.2. The van der Waals surface area contributed by atoms with Gasteiger partial charge in [-0.1, -0.05) is 86.0 Å². The maximum absolute atomic E-state index is 2.57. The fourth-order valence-corrected chi connectivity index (χ4v) is 6.80. The lowest BCUT2D eigenvalue weighted by Gasteiger charge is -2.25. The second-order valence-electron chi connectivity index (χ2n) is 10.6. The molecule has 0 aliphatic heterocycles. The Morgan fingerprint density at radius 2 is 1.33 bits per heavy atom. The normalized spacial score (nSPS) is 14.8. The van der Waals surface area contributed by atoms with Gasteiger partial charge < -0.3 is 9.13 Å². The average Bonchev–Trinajstić information content (AvgIpc) is 3.43. The summed E-state index contributed by atoms with van der Waals surface area (Å²) in [4.78, 5) is 0. The topological polar surface area (TPSA) is 9.86 Å². The van der Waals surface area contributed by atoms with E-state index in [1.165, 1.54) is 87.1 Å². The Morgan fingerprint density at radius 1 is 0.667 bits per heavy atom. The van der Waals surface area contributed by atoms with Crippen molar-refractivity contribution >= 4 is 32.7 Å². The highest BCUT2D eigenvalue weighted by atomic mass is 14.9. The van der Waals surface area contributed by atoms with Crippen molar-refractivity contribution in [1.82, 2.24) is 9.13 Å². The predicted molar refractivity (Wildman–Crippen MR) is 154 cm³/mol. The molecule has 1 saturated carbocycles. The molecule has 0 amide bonds. The molecule has 7 rings (SSSR count). The third-order valence-corrected chi connectivity index (χ3v) is 8.50. The lowest BCUT2D eigenvalue weighted by atomic mass is 9.79. The maximum Gasteiger partial charge on any atom is 0.0578 e. The van der Waals surface area contributed by atoms with Crippen molar-refractivity contribution in [2.24, 2.45) is 14.1 Å². The van der Waals surface area contributed by atoms with E-state index in [9.17, 15) is 0 Å². The fraction of sp³-hybridized carbons (Fsp3) is 0.235. The van der Waals surface area contributed by atoms with Gasteiger partial charge in [0.2, 0.25) is 0 Å². The molecule has 1 aliphatic carbocycles. The van der Waals surface area contributed by atoms with E-state index in [-0.39, 0.29) is 0 Å². The number of aromatic nitrogens is 2. The zero-order valence-electron chi connectivity index (χ0n) is 21.2. The van der Waals surface area contributed by atoms with E-state index in [0.717, 1.165) is 0 Å². The highest BCUT2D eigenvalue weighted by molar-refractivity contribution is 6.19. The number of hydrogen-bond donors (Lipinski definition) is 0. The molecule has 0 N–H and O–H groups in total. The van der Waals surface area contributed by atoms with Gasteiger partial charge in [-0.25, -0.2) is 0 Å². The summed E-state index contributed by atoms with van der Waals surface area (Å²) in [5, 5.41) is 4.16. The van der Waals surface area contributed by atoms with E-state index in [1.807, 2.05) is 0 Å². The first-order valence-electron chi connectivity index (χ1n) is 13.4. The molecule has 0 spiro atoms. The molecule has 178 valence electrons. The molecule has 1 fully saturated rings. The monoisotopic (exact) mass is 468 g/mol. The van der Waals surface area contributed by atoms with Crippen LogP contribution in [0.4, 0.5) is 0 Å². The number of para-hydroxylation sites is 2. The van der Waals surface area contributed by atoms with E-state index in [4.69, 9.17) is 0 Å². The number of nitrogens with zero attached hydrogens (tertiary/aromatic N) is 2. The van der Waals surface area contributed by atoms with Crippen LogP contribution in [0.25, 0.3) is 55.0 Å². The van der Waals surface area contributed by atoms with Gasteiger partial charge in [-0.2, -0.15) is 0 Å². The van der Waals surface area contributed by atoms with Crippen LogP contribution in [0.5, 0.6) is 0 Å². The van der Waals surface area contributed by atoms with Crippen LogP contribution in [0.2, 0.25) is 0 Å². The van der Waals surface area contributed by atoms with E-state index < -0.39 is 0 Å². The lowest BCUT2D eigenvalue weighted by molar-refractivity contribution is 0.446. The Kier molecular flexibility index (Phi) is 5.02. The summed E-state index contributed by atoms with van der Waals surface area (Å²) in [6.07, 6.45) is 8.96. The molecule has 2 nitrogen and oxygen atoms in total. The Labute approximate surface area is 212 Å². The van der Waals surface area contributed by atoms with E-state index in [2.05, 4.69) is 114 Å². The molecule has 0 bridgehead atoms. The van der Waals surface area contributed by atoms with E-state index in [0.29, 0.717) is 5.92 Å². The first-order chi connectivity index (χ1) is 17.7. The third kappa shape index (κ3) is 3.17. The highest BCUT2D eigenvalue weighted by Crippen LogP contribution is 2.49. The van der Waals surface area contributed by atoms with Gasteiger partial charge >= 0.3 is 0 Å². The Balaban J connectivity index is 1.69. The van der Waals surface area contributed by atoms with Crippen LogP contribution in [0.15, 0.2) is 91.1 Å². The summed E-state index contributed by atoms with van der Waals surface area (Å²) < 4.78 is 4.74. The van der Waals surface area contributed by atoms with Gasteiger partial charge in [0.25, 0.3) is 0 Å². The number of hydrogen-bond acceptors (Lipinski definition) is 0. The predicted octanol–water partition coefficient (Wildman–Crippen LogP) is 9.20. The molecule has 6 aromatic rings. The Hall–Kier alpha value is -3.78. The molecule has 1 aliphatic rings. The second-order valence-corrected chi connectivity index (χ2v) is 10.6. The smallest absolute Gasteiger partial charge is 0.0578 e. The standard InChI is InChI=1S/C34H32N2/c1-35-22-29(25-17-9-11-19-30(25)35)33-28(24-15-7-4-8-16-24)21-27(23-13-5-3-6-14-23)32-26-18-10-12-20-31(26)36(2)34(32)33/h4,7-12,15-23H,3,5-6,13-14H2,1-2H3. The van der Waals surface area contributed by atoms with Gasteiger partial charge in [0.1, 0.15) is 0 Å². The molecule has 2 aromatic heterocycles. The summed E-state index contributed by atoms with van der Waals surface area (Å²) in [6.45, 7) is 0. The first kappa shape index (κ1) is 21.5. The van der Waals surface area contributed by atoms with Gasteiger partial charge in [-0.3, -0.25) is 0 Å². The van der Waals surface area contributed by atoms with Crippen molar-refractivity contribution in [1.29, 1.82) is 0 Å². The largest absolute Gasteiger partial charge is 0.350 e. The summed E-state index contributed by atoms with van der Waals surface area (Å²) >= 11 is 0. The molecule has 2 heteroatoms. The Bertz CT molecular complexity index is 1730. The number of benzene rings is 4. The molecule has 4 aromatic carbocycles. The van der Waals surface area contributed by atoms with E-state index in [1.54, 1.807) is 5.56 Å². The van der Waals surface area contributed by atoms with Crippen LogP contribution >= 0.6 is 0 Å². The highest BCUT2D eigenvalue weighted by Gasteiger charge is 2.27.